The van der Waals surface area contributed by atoms with Gasteiger partial charge in [0.25, 0.3) is 15.9 Å². The van der Waals surface area contributed by atoms with E-state index in [2.05, 4.69) is 10.3 Å². The van der Waals surface area contributed by atoms with Crippen LogP contribution in [0.2, 0.25) is 0 Å². The first-order chi connectivity index (χ1) is 16.6. The number of hydrogen-bond acceptors (Lipinski definition) is 5. The maximum atomic E-state index is 12.8. The van der Waals surface area contributed by atoms with Gasteiger partial charge >= 0.3 is 12.1 Å². The molecule has 0 unspecified atom stereocenters. The number of nitrogens with one attached hydrogen (secondary N) is 1. The number of anilines is 2. The zero-order valence-corrected chi connectivity index (χ0v) is 20.6. The largest absolute Gasteiger partial charge is 0.490 e. The lowest BCUT2D eigenvalue weighted by molar-refractivity contribution is -0.192. The normalized spacial score (nSPS) is 11.2. The van der Waals surface area contributed by atoms with Crippen molar-refractivity contribution < 1.29 is 36.3 Å². The number of carbonyl (C=O) groups excluding carboxylic acids is 1. The van der Waals surface area contributed by atoms with Crippen LogP contribution in [-0.2, 0) is 14.8 Å². The number of aromatic nitrogens is 1. The third-order valence-electron chi connectivity index (χ3n) is 4.89. The minimum absolute atomic E-state index is 0.117. The van der Waals surface area contributed by atoms with Gasteiger partial charge in [-0.25, -0.2) is 18.2 Å². The summed E-state index contributed by atoms with van der Waals surface area (Å²) < 4.78 is 58.5. The first kappa shape index (κ1) is 28.3. The van der Waals surface area contributed by atoms with Crippen LogP contribution in [0, 0.1) is 20.8 Å². The smallest absolute Gasteiger partial charge is 0.475 e. The van der Waals surface area contributed by atoms with E-state index >= 15 is 0 Å². The third-order valence-corrected chi connectivity index (χ3v) is 6.67. The van der Waals surface area contributed by atoms with Gasteiger partial charge in [-0.1, -0.05) is 23.8 Å². The van der Waals surface area contributed by atoms with E-state index in [0.29, 0.717) is 17.1 Å². The minimum atomic E-state index is -5.08. The number of aliphatic carboxylic acids is 1. The Morgan fingerprint density at radius 3 is 1.94 bits per heavy atom. The molecule has 3 aromatic rings. The van der Waals surface area contributed by atoms with Crippen LogP contribution in [0.4, 0.5) is 24.7 Å². The van der Waals surface area contributed by atoms with E-state index in [1.165, 1.54) is 25.4 Å². The van der Waals surface area contributed by atoms with Gasteiger partial charge in [0.1, 0.15) is 5.82 Å². The second-order valence-electron chi connectivity index (χ2n) is 7.72. The molecule has 2 N–H and O–H groups in total. The molecule has 0 radical (unpaired) electrons. The molecule has 3 rings (SSSR count). The van der Waals surface area contributed by atoms with Crippen LogP contribution in [0.1, 0.15) is 27.0 Å². The summed E-state index contributed by atoms with van der Waals surface area (Å²) >= 11 is 0. The van der Waals surface area contributed by atoms with Gasteiger partial charge in [-0.05, 0) is 68.3 Å². The highest BCUT2D eigenvalue weighted by Gasteiger charge is 2.38. The Kier molecular flexibility index (Phi) is 8.81. The fourth-order valence-corrected chi connectivity index (χ4v) is 4.41. The van der Waals surface area contributed by atoms with Crippen molar-refractivity contribution in [2.24, 2.45) is 0 Å². The molecule has 0 aliphatic carbocycles. The topological polar surface area (TPSA) is 117 Å². The quantitative estimate of drug-likeness (QED) is 0.500. The number of amides is 1. The fourth-order valence-electron chi connectivity index (χ4n) is 3.26. The summed E-state index contributed by atoms with van der Waals surface area (Å²) in [6, 6.07) is 15.1. The second kappa shape index (κ2) is 11.2. The average molecular weight is 524 g/mol. The number of halogens is 3. The van der Waals surface area contributed by atoms with Crippen molar-refractivity contribution in [1.82, 2.24) is 4.98 Å². The Bertz CT molecular complexity index is 1320. The molecule has 0 aliphatic heterocycles. The molecule has 0 atom stereocenters. The summed E-state index contributed by atoms with van der Waals surface area (Å²) in [5.74, 6) is -2.65. The summed E-state index contributed by atoms with van der Waals surface area (Å²) in [5.41, 5.74) is 4.05. The van der Waals surface area contributed by atoms with E-state index in [0.717, 1.165) is 21.0 Å². The van der Waals surface area contributed by atoms with E-state index in [9.17, 15) is 26.4 Å². The van der Waals surface area contributed by atoms with E-state index < -0.39 is 22.2 Å². The molecule has 192 valence electrons. The van der Waals surface area contributed by atoms with E-state index in [-0.39, 0.29) is 10.8 Å². The Morgan fingerprint density at radius 1 is 0.972 bits per heavy atom. The van der Waals surface area contributed by atoms with Crippen LogP contribution in [0.25, 0.3) is 0 Å². The molecular formula is C24H24F3N3O5S. The Hall–Kier alpha value is -3.93. The molecule has 0 aliphatic rings. The molecule has 8 nitrogen and oxygen atoms in total. The van der Waals surface area contributed by atoms with Crippen molar-refractivity contribution in [2.75, 3.05) is 16.7 Å². The lowest BCUT2D eigenvalue weighted by Gasteiger charge is -2.18. The number of carboxylic acids is 1. The van der Waals surface area contributed by atoms with Gasteiger partial charge < -0.3 is 10.4 Å². The molecule has 36 heavy (non-hydrogen) atoms. The highest BCUT2D eigenvalue weighted by molar-refractivity contribution is 7.92. The van der Waals surface area contributed by atoms with Crippen LogP contribution in [0.3, 0.4) is 0 Å². The third kappa shape index (κ3) is 7.04. The van der Waals surface area contributed by atoms with Crippen molar-refractivity contribution >= 4 is 33.4 Å². The van der Waals surface area contributed by atoms with E-state index in [1.807, 2.05) is 32.9 Å². The number of rotatable bonds is 5. The summed E-state index contributed by atoms with van der Waals surface area (Å²) in [6.45, 7) is 5.79. The number of pyridine rings is 1. The molecule has 1 heterocycles. The second-order valence-corrected chi connectivity index (χ2v) is 9.68. The van der Waals surface area contributed by atoms with E-state index in [1.54, 1.807) is 30.3 Å². The maximum absolute atomic E-state index is 12.8. The van der Waals surface area contributed by atoms with Crippen molar-refractivity contribution in [2.45, 2.75) is 31.8 Å². The molecule has 2 aromatic carbocycles. The Balaban J connectivity index is 0.000000572. The summed E-state index contributed by atoms with van der Waals surface area (Å²) in [6.07, 6.45) is -3.55. The number of carboxylic acid groups (broad SMARTS) is 1. The van der Waals surface area contributed by atoms with E-state index in [4.69, 9.17) is 9.90 Å². The highest BCUT2D eigenvalue weighted by atomic mass is 32.2. The van der Waals surface area contributed by atoms with Crippen molar-refractivity contribution in [3.05, 3.63) is 83.0 Å². The number of hydrogen-bond donors (Lipinski definition) is 2. The molecule has 1 aromatic heterocycles. The van der Waals surface area contributed by atoms with Crippen LogP contribution >= 0.6 is 0 Å². The molecular weight excluding hydrogens is 499 g/mol. The molecule has 0 spiro atoms. The highest BCUT2D eigenvalue weighted by Crippen LogP contribution is 2.23. The number of alkyl halides is 3. The Labute approximate surface area is 206 Å². The van der Waals surface area contributed by atoms with Gasteiger partial charge in [-0.2, -0.15) is 13.2 Å². The fraction of sp³-hybridized carbons (Fsp3) is 0.208. The number of benzene rings is 2. The number of nitrogens with zero attached hydrogens (tertiary/aromatic N) is 2. The molecule has 1 amide bonds. The number of carbonyl (C=O) groups is 2. The van der Waals surface area contributed by atoms with Gasteiger partial charge in [0.2, 0.25) is 0 Å². The van der Waals surface area contributed by atoms with Crippen LogP contribution < -0.4 is 9.62 Å². The van der Waals surface area contributed by atoms with Crippen LogP contribution in [0.15, 0.2) is 65.7 Å². The summed E-state index contributed by atoms with van der Waals surface area (Å²) in [4.78, 5) is 25.8. The molecule has 0 saturated heterocycles. The minimum Gasteiger partial charge on any atom is -0.475 e. The van der Waals surface area contributed by atoms with Crippen LogP contribution in [-0.4, -0.2) is 43.6 Å². The van der Waals surface area contributed by atoms with Crippen molar-refractivity contribution in [3.63, 3.8) is 0 Å². The molecule has 0 bridgehead atoms. The molecule has 12 heteroatoms. The zero-order valence-electron chi connectivity index (χ0n) is 19.8. The number of aryl methyl sites for hydroxylation is 3. The first-order valence-electron chi connectivity index (χ1n) is 10.3. The van der Waals surface area contributed by atoms with Crippen LogP contribution in [0.5, 0.6) is 0 Å². The summed E-state index contributed by atoms with van der Waals surface area (Å²) in [7, 11) is -2.29. The van der Waals surface area contributed by atoms with Gasteiger partial charge in [0, 0.05) is 24.5 Å². The lowest BCUT2D eigenvalue weighted by Crippen LogP contribution is -2.27. The lowest BCUT2D eigenvalue weighted by atomic mass is 9.99. The summed E-state index contributed by atoms with van der Waals surface area (Å²) in [5, 5.41) is 9.96. The SMILES string of the molecule is Cc1cc(C)c(C(=O)Nc2ccc(S(=O)(=O)N(C)c3ccccn3)cc2)c(C)c1.O=C(O)C(F)(F)F. The number of sulfonamides is 1. The van der Waals surface area contributed by atoms with Gasteiger partial charge in [0.05, 0.1) is 4.90 Å². The zero-order chi connectivity index (χ0) is 27.3. The van der Waals surface area contributed by atoms with Gasteiger partial charge in [-0.15, -0.1) is 0 Å². The molecule has 0 fully saturated rings. The monoisotopic (exact) mass is 523 g/mol. The van der Waals surface area contributed by atoms with Crippen molar-refractivity contribution in [3.8, 4) is 0 Å². The Morgan fingerprint density at radius 2 is 1.50 bits per heavy atom. The van der Waals surface area contributed by atoms with Crippen molar-refractivity contribution in [1.29, 1.82) is 0 Å². The predicted molar refractivity (Wildman–Crippen MR) is 129 cm³/mol. The van der Waals surface area contributed by atoms with Gasteiger partial charge in [0.15, 0.2) is 0 Å². The molecule has 0 saturated carbocycles. The average Bonchev–Trinajstić information content (AvgIpc) is 2.78. The van der Waals surface area contributed by atoms with Gasteiger partial charge in [-0.3, -0.25) is 9.10 Å². The predicted octanol–water partition coefficient (Wildman–Crippen LogP) is 4.72. The first-order valence-corrected chi connectivity index (χ1v) is 11.8. The standard InChI is InChI=1S/C22H23N3O3S.C2HF3O2/c1-15-13-16(2)21(17(3)14-15)22(26)24-18-8-10-19(11-9-18)29(27,28)25(4)20-7-5-6-12-23-20;3-2(4,5)1(6)7/h5-14H,1-4H3,(H,24,26);(H,6,7). The maximum Gasteiger partial charge on any atom is 0.490 e.